The minimum atomic E-state index is 0.741. The zero-order valence-corrected chi connectivity index (χ0v) is 18.3. The molecular weight excluding hydrogens is 406 g/mol. The lowest BCUT2D eigenvalue weighted by Gasteiger charge is -2.37. The number of hydrogen-bond donors (Lipinski definition) is 0. The van der Waals surface area contributed by atoms with Crippen molar-refractivity contribution in [3.8, 4) is 11.5 Å². The second-order valence-corrected chi connectivity index (χ2v) is 9.35. The lowest BCUT2D eigenvalue weighted by atomic mass is 10.2. The Bertz CT molecular complexity index is 1250. The van der Waals surface area contributed by atoms with Gasteiger partial charge in [-0.3, -0.25) is 4.98 Å². The van der Waals surface area contributed by atoms with E-state index in [4.69, 9.17) is 9.97 Å². The number of fused-ring (bicyclic) bond motifs is 2. The van der Waals surface area contributed by atoms with E-state index < -0.39 is 0 Å². The molecule has 0 atom stereocenters. The Morgan fingerprint density at radius 3 is 2.55 bits per heavy atom. The number of anilines is 2. The Morgan fingerprint density at radius 2 is 1.74 bits per heavy atom. The Morgan fingerprint density at radius 1 is 0.903 bits per heavy atom. The summed E-state index contributed by atoms with van der Waals surface area (Å²) in [7, 11) is 0. The summed E-state index contributed by atoms with van der Waals surface area (Å²) in [5, 5.41) is 1.17. The zero-order chi connectivity index (χ0) is 20.8. The van der Waals surface area contributed by atoms with Crippen LogP contribution < -0.4 is 9.80 Å². The number of nitrogens with zero attached hydrogens (tertiary/aromatic N) is 7. The van der Waals surface area contributed by atoms with Gasteiger partial charge in [0.1, 0.15) is 28.5 Å². The molecule has 8 heteroatoms. The number of piperazine rings is 1. The van der Waals surface area contributed by atoms with E-state index in [2.05, 4.69) is 37.7 Å². The highest BCUT2D eigenvalue weighted by Gasteiger charge is 2.27. The van der Waals surface area contributed by atoms with E-state index in [1.807, 2.05) is 18.2 Å². The van der Waals surface area contributed by atoms with Crippen LogP contribution in [0.4, 0.5) is 11.6 Å². The van der Waals surface area contributed by atoms with Crippen molar-refractivity contribution >= 4 is 33.2 Å². The number of aromatic nitrogens is 5. The third kappa shape index (κ3) is 3.31. The van der Waals surface area contributed by atoms with E-state index >= 15 is 0 Å². The van der Waals surface area contributed by atoms with Gasteiger partial charge >= 0.3 is 0 Å². The van der Waals surface area contributed by atoms with Crippen molar-refractivity contribution in [1.29, 1.82) is 0 Å². The summed E-state index contributed by atoms with van der Waals surface area (Å²) in [6.07, 6.45) is 6.74. The highest BCUT2D eigenvalue weighted by atomic mass is 32.1. The molecule has 4 aromatic rings. The van der Waals surface area contributed by atoms with E-state index in [-0.39, 0.29) is 0 Å². The van der Waals surface area contributed by atoms with E-state index in [1.165, 1.54) is 21.5 Å². The molecule has 0 bridgehead atoms. The quantitative estimate of drug-likeness (QED) is 0.492. The second kappa shape index (κ2) is 7.53. The van der Waals surface area contributed by atoms with Crippen LogP contribution in [0.2, 0.25) is 0 Å². The highest BCUT2D eigenvalue weighted by molar-refractivity contribution is 7.18. The van der Waals surface area contributed by atoms with Crippen LogP contribution in [0.15, 0.2) is 36.8 Å². The van der Waals surface area contributed by atoms with Crippen LogP contribution in [0, 0.1) is 6.92 Å². The normalized spacial score (nSPS) is 16.2. The molecule has 0 spiro atoms. The van der Waals surface area contributed by atoms with Gasteiger partial charge in [0.2, 0.25) is 0 Å². The largest absolute Gasteiger partial charge is 0.353 e. The summed E-state index contributed by atoms with van der Waals surface area (Å²) in [5.74, 6) is 2.89. The summed E-state index contributed by atoms with van der Waals surface area (Å²) < 4.78 is 0. The van der Waals surface area contributed by atoms with Crippen molar-refractivity contribution in [1.82, 2.24) is 24.9 Å². The van der Waals surface area contributed by atoms with Crippen LogP contribution >= 0.6 is 11.3 Å². The Hall–Kier alpha value is -3.13. The standard InChI is InChI=1S/C23H23N7S/c1-15-13-17-21(25-14-26-23(17)31-15)29-9-11-30(12-10-29)22-16-5-4-7-18(16)27-20(28-22)19-6-2-3-8-24-19/h2-3,6,8,13-14H,4-5,7,9-12H2,1H3. The monoisotopic (exact) mass is 429 g/mol. The first kappa shape index (κ1) is 18.6. The smallest absolute Gasteiger partial charge is 0.180 e. The van der Waals surface area contributed by atoms with Crippen molar-refractivity contribution in [2.45, 2.75) is 26.2 Å². The molecule has 0 unspecified atom stereocenters. The molecule has 31 heavy (non-hydrogen) atoms. The maximum absolute atomic E-state index is 5.00. The van der Waals surface area contributed by atoms with Gasteiger partial charge < -0.3 is 9.80 Å². The van der Waals surface area contributed by atoms with Crippen molar-refractivity contribution in [3.63, 3.8) is 0 Å². The molecule has 0 N–H and O–H groups in total. The van der Waals surface area contributed by atoms with Crippen LogP contribution in [-0.2, 0) is 12.8 Å². The van der Waals surface area contributed by atoms with Gasteiger partial charge in [0.15, 0.2) is 5.82 Å². The van der Waals surface area contributed by atoms with Gasteiger partial charge in [0, 0.05) is 48.5 Å². The summed E-state index contributed by atoms with van der Waals surface area (Å²) >= 11 is 1.73. The predicted molar refractivity (Wildman–Crippen MR) is 124 cm³/mol. The van der Waals surface area contributed by atoms with Crippen LogP contribution in [0.1, 0.15) is 22.6 Å². The second-order valence-electron chi connectivity index (χ2n) is 8.11. The number of pyridine rings is 1. The third-order valence-electron chi connectivity index (χ3n) is 6.12. The van der Waals surface area contributed by atoms with Gasteiger partial charge in [-0.15, -0.1) is 11.3 Å². The fraction of sp³-hybridized carbons (Fsp3) is 0.348. The molecule has 1 saturated heterocycles. The minimum Gasteiger partial charge on any atom is -0.353 e. The van der Waals surface area contributed by atoms with E-state index in [1.54, 1.807) is 23.9 Å². The molecule has 7 nitrogen and oxygen atoms in total. The van der Waals surface area contributed by atoms with Gasteiger partial charge in [-0.2, -0.15) is 0 Å². The van der Waals surface area contributed by atoms with Gasteiger partial charge in [0.25, 0.3) is 0 Å². The molecule has 0 aromatic carbocycles. The lowest BCUT2D eigenvalue weighted by molar-refractivity contribution is 0.640. The lowest BCUT2D eigenvalue weighted by Crippen LogP contribution is -2.47. The van der Waals surface area contributed by atoms with E-state index in [0.29, 0.717) is 0 Å². The molecule has 5 heterocycles. The summed E-state index contributed by atoms with van der Waals surface area (Å²) in [5.41, 5.74) is 3.36. The van der Waals surface area contributed by atoms with Gasteiger partial charge in [-0.1, -0.05) is 6.07 Å². The Balaban J connectivity index is 1.29. The van der Waals surface area contributed by atoms with E-state index in [0.717, 1.165) is 73.4 Å². The minimum absolute atomic E-state index is 0.741. The maximum Gasteiger partial charge on any atom is 0.180 e. The van der Waals surface area contributed by atoms with Gasteiger partial charge in [0.05, 0.1) is 5.39 Å². The third-order valence-corrected chi connectivity index (χ3v) is 7.07. The Kier molecular flexibility index (Phi) is 4.52. The molecule has 1 aliphatic heterocycles. The molecule has 6 rings (SSSR count). The molecule has 0 saturated carbocycles. The van der Waals surface area contributed by atoms with Crippen molar-refractivity contribution in [3.05, 3.63) is 52.9 Å². The number of rotatable bonds is 3. The number of aryl methyl sites for hydroxylation is 2. The summed E-state index contributed by atoms with van der Waals surface area (Å²) in [6.45, 7) is 5.79. The van der Waals surface area contributed by atoms with Crippen molar-refractivity contribution in [2.75, 3.05) is 36.0 Å². The van der Waals surface area contributed by atoms with Gasteiger partial charge in [-0.05, 0) is 44.4 Å². The first-order chi connectivity index (χ1) is 15.3. The first-order valence-electron chi connectivity index (χ1n) is 10.8. The maximum atomic E-state index is 5.00. The van der Waals surface area contributed by atoms with Crippen molar-refractivity contribution in [2.24, 2.45) is 0 Å². The molecular formula is C23H23N7S. The van der Waals surface area contributed by atoms with Crippen molar-refractivity contribution < 1.29 is 0 Å². The fourth-order valence-corrected chi connectivity index (χ4v) is 5.47. The average molecular weight is 430 g/mol. The van der Waals surface area contributed by atoms with Crippen LogP contribution in [0.25, 0.3) is 21.7 Å². The molecule has 0 radical (unpaired) electrons. The predicted octanol–water partition coefficient (Wildman–Crippen LogP) is 3.67. The van der Waals surface area contributed by atoms with Crippen LogP contribution in [-0.4, -0.2) is 51.1 Å². The SMILES string of the molecule is Cc1cc2c(N3CCN(c4nc(-c5ccccn5)nc5c4CCC5)CC3)ncnc2s1. The summed E-state index contributed by atoms with van der Waals surface area (Å²) in [6, 6.07) is 8.11. The molecule has 4 aromatic heterocycles. The number of thiophene rings is 1. The van der Waals surface area contributed by atoms with Crippen LogP contribution in [0.3, 0.4) is 0 Å². The molecule has 0 amide bonds. The average Bonchev–Trinajstić information content (AvgIpc) is 3.44. The van der Waals surface area contributed by atoms with E-state index in [9.17, 15) is 0 Å². The Labute approximate surface area is 184 Å². The first-order valence-corrected chi connectivity index (χ1v) is 11.6. The van der Waals surface area contributed by atoms with Crippen LogP contribution in [0.5, 0.6) is 0 Å². The molecule has 1 fully saturated rings. The molecule has 2 aliphatic rings. The fourth-order valence-electron chi connectivity index (χ4n) is 4.63. The zero-order valence-electron chi connectivity index (χ0n) is 17.5. The molecule has 1 aliphatic carbocycles. The number of hydrogen-bond acceptors (Lipinski definition) is 8. The van der Waals surface area contributed by atoms with Gasteiger partial charge in [-0.25, -0.2) is 19.9 Å². The topological polar surface area (TPSA) is 70.9 Å². The molecule has 156 valence electrons. The highest BCUT2D eigenvalue weighted by Crippen LogP contribution is 2.33. The summed E-state index contributed by atoms with van der Waals surface area (Å²) in [4.78, 5) is 30.5.